The van der Waals surface area contributed by atoms with Gasteiger partial charge in [0.15, 0.2) is 0 Å². The summed E-state index contributed by atoms with van der Waals surface area (Å²) in [5.74, 6) is 1.89. The van der Waals surface area contributed by atoms with E-state index in [4.69, 9.17) is 4.52 Å². The maximum Gasteiger partial charge on any atom is 0.245 e. The van der Waals surface area contributed by atoms with E-state index >= 15 is 0 Å². The molecule has 0 bridgehead atoms. The Morgan fingerprint density at radius 2 is 2.23 bits per heavy atom. The quantitative estimate of drug-likeness (QED) is 0.779. The summed E-state index contributed by atoms with van der Waals surface area (Å²) in [5.41, 5.74) is 7.51. The van der Waals surface area contributed by atoms with E-state index in [2.05, 4.69) is 31.3 Å². The summed E-state index contributed by atoms with van der Waals surface area (Å²) in [6, 6.07) is 4.33. The Balaban J connectivity index is 0.00000144. The normalized spacial score (nSPS) is 27.7. The van der Waals surface area contributed by atoms with Gasteiger partial charge in [-0.15, -0.1) is 12.4 Å². The molecule has 0 aliphatic carbocycles. The number of pyridine rings is 1. The lowest BCUT2D eigenvalue weighted by atomic mass is 9.95. The number of halogens is 1. The molecule has 3 atom stereocenters. The van der Waals surface area contributed by atoms with Crippen molar-refractivity contribution in [3.63, 3.8) is 0 Å². The fraction of sp³-hybridized carbons (Fsp3) is 0.500. The number of aromatic nitrogens is 3. The molecule has 2 fully saturated rings. The first kappa shape index (κ1) is 15.4. The Hall–Kier alpha value is -1.54. The highest BCUT2D eigenvalue weighted by atomic mass is 35.5. The fourth-order valence-electron chi connectivity index (χ4n) is 3.06. The fourth-order valence-corrected chi connectivity index (χ4v) is 3.06. The maximum atomic E-state index is 5.41. The first-order valence-corrected chi connectivity index (χ1v) is 7.36. The first-order valence-electron chi connectivity index (χ1n) is 7.36. The number of nitrogens with one attached hydrogen (secondary N) is 3. The zero-order valence-corrected chi connectivity index (χ0v) is 12.8. The molecule has 118 valence electrons. The molecule has 0 saturated carbocycles. The van der Waals surface area contributed by atoms with Crippen molar-refractivity contribution in [2.24, 2.45) is 5.92 Å². The molecular weight excluding hydrogens is 304 g/mol. The van der Waals surface area contributed by atoms with Crippen molar-refractivity contribution in [2.45, 2.75) is 24.9 Å². The van der Waals surface area contributed by atoms with Crippen molar-refractivity contribution in [2.75, 3.05) is 13.1 Å². The van der Waals surface area contributed by atoms with Crippen LogP contribution in [0.1, 0.15) is 24.8 Å². The van der Waals surface area contributed by atoms with Gasteiger partial charge >= 0.3 is 0 Å². The predicted molar refractivity (Wildman–Crippen MR) is 83.2 cm³/mol. The van der Waals surface area contributed by atoms with E-state index in [9.17, 15) is 0 Å². The lowest BCUT2D eigenvalue weighted by Crippen LogP contribution is -2.36. The van der Waals surface area contributed by atoms with Crippen molar-refractivity contribution < 1.29 is 4.52 Å². The standard InChI is InChI=1S/C14H18N6O.ClH/c1-2-10(8-15-4-1)13-17-14(21-20-13)12-6-11(18-19-12)9-3-5-16-7-9;/h1-2,4,8-9,11-12,16,18-19H,3,5-7H2;1H. The number of hydrogen-bond donors (Lipinski definition) is 3. The summed E-state index contributed by atoms with van der Waals surface area (Å²) in [4.78, 5) is 8.56. The summed E-state index contributed by atoms with van der Waals surface area (Å²) in [7, 11) is 0. The molecule has 0 radical (unpaired) electrons. The van der Waals surface area contributed by atoms with Gasteiger partial charge in [-0.2, -0.15) is 4.98 Å². The molecular formula is C14H19ClN6O. The van der Waals surface area contributed by atoms with Crippen molar-refractivity contribution >= 4 is 12.4 Å². The third-order valence-corrected chi connectivity index (χ3v) is 4.26. The average molecular weight is 323 g/mol. The number of hydrogen-bond acceptors (Lipinski definition) is 7. The van der Waals surface area contributed by atoms with Gasteiger partial charge in [0.25, 0.3) is 0 Å². The Kier molecular flexibility index (Phi) is 4.68. The minimum Gasteiger partial charge on any atom is -0.337 e. The molecule has 7 nitrogen and oxygen atoms in total. The Morgan fingerprint density at radius 3 is 3.00 bits per heavy atom. The van der Waals surface area contributed by atoms with E-state index in [1.807, 2.05) is 12.1 Å². The third kappa shape index (κ3) is 2.98. The van der Waals surface area contributed by atoms with Crippen LogP contribution in [-0.2, 0) is 0 Å². The van der Waals surface area contributed by atoms with Gasteiger partial charge in [0, 0.05) is 24.0 Å². The minimum absolute atomic E-state index is 0. The molecule has 2 aliphatic heterocycles. The maximum absolute atomic E-state index is 5.41. The van der Waals surface area contributed by atoms with Gasteiger partial charge in [-0.3, -0.25) is 10.4 Å². The molecule has 2 aliphatic rings. The SMILES string of the molecule is Cl.c1cncc(-c2noc(C3CC(C4CCNC4)NN3)n2)c1. The highest BCUT2D eigenvalue weighted by molar-refractivity contribution is 5.85. The molecule has 3 N–H and O–H groups in total. The Labute approximate surface area is 134 Å². The van der Waals surface area contributed by atoms with Crippen LogP contribution in [0.3, 0.4) is 0 Å². The lowest BCUT2D eigenvalue weighted by Gasteiger charge is -2.15. The van der Waals surface area contributed by atoms with Gasteiger partial charge in [-0.25, -0.2) is 5.43 Å². The van der Waals surface area contributed by atoms with Crippen molar-refractivity contribution in [1.82, 2.24) is 31.3 Å². The Morgan fingerprint density at radius 1 is 1.27 bits per heavy atom. The zero-order valence-electron chi connectivity index (χ0n) is 12.0. The van der Waals surface area contributed by atoms with Crippen molar-refractivity contribution in [3.05, 3.63) is 30.4 Å². The van der Waals surface area contributed by atoms with E-state index in [0.717, 1.165) is 25.1 Å². The second-order valence-corrected chi connectivity index (χ2v) is 5.63. The van der Waals surface area contributed by atoms with Crippen LogP contribution in [0, 0.1) is 5.92 Å². The van der Waals surface area contributed by atoms with E-state index in [0.29, 0.717) is 23.7 Å². The van der Waals surface area contributed by atoms with E-state index in [1.165, 1.54) is 6.42 Å². The van der Waals surface area contributed by atoms with Gasteiger partial charge in [0.1, 0.15) is 6.04 Å². The Bertz CT molecular complexity index is 600. The molecule has 22 heavy (non-hydrogen) atoms. The minimum atomic E-state index is 0. The van der Waals surface area contributed by atoms with E-state index in [-0.39, 0.29) is 18.4 Å². The van der Waals surface area contributed by atoms with E-state index < -0.39 is 0 Å². The molecule has 4 rings (SSSR count). The smallest absolute Gasteiger partial charge is 0.245 e. The summed E-state index contributed by atoms with van der Waals surface area (Å²) < 4.78 is 5.41. The molecule has 2 saturated heterocycles. The van der Waals surface area contributed by atoms with Crippen LogP contribution in [0.15, 0.2) is 29.0 Å². The second kappa shape index (κ2) is 6.70. The predicted octanol–water partition coefficient (Wildman–Crippen LogP) is 1.07. The monoisotopic (exact) mass is 322 g/mol. The molecule has 0 spiro atoms. The van der Waals surface area contributed by atoms with Crippen molar-refractivity contribution in [3.8, 4) is 11.4 Å². The van der Waals surface area contributed by atoms with Gasteiger partial charge in [0.05, 0.1) is 0 Å². The van der Waals surface area contributed by atoms with Crippen molar-refractivity contribution in [1.29, 1.82) is 0 Å². The van der Waals surface area contributed by atoms with Gasteiger partial charge in [-0.1, -0.05) is 5.16 Å². The summed E-state index contributed by atoms with van der Waals surface area (Å²) in [6.45, 7) is 2.19. The van der Waals surface area contributed by atoms with Gasteiger partial charge < -0.3 is 9.84 Å². The van der Waals surface area contributed by atoms with Gasteiger partial charge in [-0.05, 0) is 44.0 Å². The molecule has 4 heterocycles. The third-order valence-electron chi connectivity index (χ3n) is 4.26. The van der Waals surface area contributed by atoms with Crippen LogP contribution in [0.5, 0.6) is 0 Å². The molecule has 2 aromatic rings. The van der Waals surface area contributed by atoms with Crippen LogP contribution in [0.25, 0.3) is 11.4 Å². The van der Waals surface area contributed by atoms with Crippen LogP contribution < -0.4 is 16.2 Å². The van der Waals surface area contributed by atoms with Crippen LogP contribution >= 0.6 is 12.4 Å². The zero-order chi connectivity index (χ0) is 14.1. The molecule has 0 aromatic carbocycles. The largest absolute Gasteiger partial charge is 0.337 e. The lowest BCUT2D eigenvalue weighted by molar-refractivity contribution is 0.339. The summed E-state index contributed by atoms with van der Waals surface area (Å²) in [5, 5.41) is 7.45. The highest BCUT2D eigenvalue weighted by Gasteiger charge is 2.35. The van der Waals surface area contributed by atoms with Crippen LogP contribution in [0.2, 0.25) is 0 Å². The molecule has 3 unspecified atom stereocenters. The van der Waals surface area contributed by atoms with E-state index in [1.54, 1.807) is 12.4 Å². The molecule has 0 amide bonds. The second-order valence-electron chi connectivity index (χ2n) is 5.63. The topological polar surface area (TPSA) is 87.9 Å². The first-order chi connectivity index (χ1) is 10.4. The molecule has 8 heteroatoms. The number of rotatable bonds is 3. The summed E-state index contributed by atoms with van der Waals surface area (Å²) >= 11 is 0. The average Bonchev–Trinajstić information content (AvgIpc) is 3.27. The molecule has 2 aromatic heterocycles. The number of hydrazine groups is 1. The van der Waals surface area contributed by atoms with Crippen LogP contribution in [0.4, 0.5) is 0 Å². The number of nitrogens with zero attached hydrogens (tertiary/aromatic N) is 3. The highest BCUT2D eigenvalue weighted by Crippen LogP contribution is 2.28. The van der Waals surface area contributed by atoms with Gasteiger partial charge in [0.2, 0.25) is 11.7 Å². The van der Waals surface area contributed by atoms with Crippen LogP contribution in [-0.4, -0.2) is 34.3 Å². The summed E-state index contributed by atoms with van der Waals surface area (Å²) in [6.07, 6.45) is 5.66.